The van der Waals surface area contributed by atoms with Crippen molar-refractivity contribution in [2.24, 2.45) is 11.8 Å². The van der Waals surface area contributed by atoms with Crippen molar-refractivity contribution < 1.29 is 19.8 Å². The van der Waals surface area contributed by atoms with Crippen molar-refractivity contribution in [3.05, 3.63) is 119 Å². The molecule has 4 heteroatoms. The molecule has 0 saturated heterocycles. The van der Waals surface area contributed by atoms with Crippen LogP contribution in [0.1, 0.15) is 85.2 Å². The minimum absolute atomic E-state index is 0.0133. The van der Waals surface area contributed by atoms with Gasteiger partial charge in [-0.05, 0) is 74.7 Å². The molecule has 0 aromatic heterocycles. The predicted octanol–water partition coefficient (Wildman–Crippen LogP) is 9.68. The van der Waals surface area contributed by atoms with Crippen LogP contribution in [0.2, 0.25) is 0 Å². The minimum atomic E-state index is -0.451. The highest BCUT2D eigenvalue weighted by molar-refractivity contribution is 6.26. The van der Waals surface area contributed by atoms with Crippen LogP contribution in [-0.2, 0) is 0 Å². The van der Waals surface area contributed by atoms with Crippen molar-refractivity contribution in [2.45, 2.75) is 53.4 Å². The highest BCUT2D eigenvalue weighted by Gasteiger charge is 2.39. The third kappa shape index (κ3) is 6.88. The summed E-state index contributed by atoms with van der Waals surface area (Å²) in [6.45, 7) is 12.5. The summed E-state index contributed by atoms with van der Waals surface area (Å²) in [5, 5.41) is 23.2. The number of rotatable bonds is 3. The SMILES string of the molecule is CC(C)C1C(=O)c2ccccc2C1=O.CC(C)c1ccc2cc(O)ccc2c1.CC(C)c1ccc2ccc(O)cc2c1. The predicted molar refractivity (Wildman–Crippen MR) is 173 cm³/mol. The molecule has 1 aliphatic carbocycles. The molecule has 5 aromatic carbocycles. The Kier molecular flexibility index (Phi) is 9.47. The van der Waals surface area contributed by atoms with Crippen LogP contribution in [-0.4, -0.2) is 21.8 Å². The second-order valence-corrected chi connectivity index (χ2v) is 11.9. The van der Waals surface area contributed by atoms with Crippen LogP contribution >= 0.6 is 0 Å². The third-order valence-electron chi connectivity index (χ3n) is 7.72. The van der Waals surface area contributed by atoms with Gasteiger partial charge in [0.25, 0.3) is 0 Å². The van der Waals surface area contributed by atoms with Gasteiger partial charge in [-0.1, -0.05) is 114 Å². The van der Waals surface area contributed by atoms with Crippen LogP contribution < -0.4 is 0 Å². The third-order valence-corrected chi connectivity index (χ3v) is 7.72. The summed E-state index contributed by atoms with van der Waals surface area (Å²) in [5.74, 6) is 1.35. The monoisotopic (exact) mass is 560 g/mol. The van der Waals surface area contributed by atoms with Crippen LogP contribution in [0.3, 0.4) is 0 Å². The van der Waals surface area contributed by atoms with E-state index in [0.717, 1.165) is 10.8 Å². The summed E-state index contributed by atoms with van der Waals surface area (Å²) in [4.78, 5) is 23.7. The Morgan fingerprint density at radius 2 is 0.905 bits per heavy atom. The number of phenols is 2. The average Bonchev–Trinajstić information content (AvgIpc) is 3.22. The molecule has 2 N–H and O–H groups in total. The Hall–Kier alpha value is -4.44. The van der Waals surface area contributed by atoms with Crippen molar-refractivity contribution in [1.82, 2.24) is 0 Å². The molecule has 42 heavy (non-hydrogen) atoms. The largest absolute Gasteiger partial charge is 0.508 e. The molecule has 1 aliphatic rings. The lowest BCUT2D eigenvalue weighted by atomic mass is 9.91. The molecule has 0 saturated carbocycles. The summed E-state index contributed by atoms with van der Waals surface area (Å²) in [6.07, 6.45) is 0. The second kappa shape index (κ2) is 13.0. The van der Waals surface area contributed by atoms with Gasteiger partial charge >= 0.3 is 0 Å². The van der Waals surface area contributed by atoms with E-state index in [4.69, 9.17) is 0 Å². The summed E-state index contributed by atoms with van der Waals surface area (Å²) in [6, 6.07) is 30.7. The fraction of sp³-hybridized carbons (Fsp3) is 0.263. The number of benzene rings is 5. The van der Waals surface area contributed by atoms with Gasteiger partial charge in [-0.25, -0.2) is 0 Å². The van der Waals surface area contributed by atoms with Crippen LogP contribution in [0, 0.1) is 11.8 Å². The fourth-order valence-corrected chi connectivity index (χ4v) is 5.19. The number of fused-ring (bicyclic) bond motifs is 3. The Morgan fingerprint density at radius 1 is 0.500 bits per heavy atom. The molecular formula is C38H40O4. The molecular weight excluding hydrogens is 520 g/mol. The van der Waals surface area contributed by atoms with Crippen molar-refractivity contribution in [1.29, 1.82) is 0 Å². The van der Waals surface area contributed by atoms with Gasteiger partial charge in [0, 0.05) is 11.1 Å². The van der Waals surface area contributed by atoms with Gasteiger partial charge in [0.15, 0.2) is 11.6 Å². The maximum atomic E-state index is 11.8. The molecule has 0 radical (unpaired) electrons. The Balaban J connectivity index is 0.000000145. The number of hydrogen-bond donors (Lipinski definition) is 2. The van der Waals surface area contributed by atoms with Crippen molar-refractivity contribution in [2.75, 3.05) is 0 Å². The molecule has 216 valence electrons. The van der Waals surface area contributed by atoms with E-state index in [2.05, 4.69) is 64.1 Å². The Labute approximate surface area is 248 Å². The van der Waals surface area contributed by atoms with Crippen LogP contribution in [0.15, 0.2) is 97.1 Å². The van der Waals surface area contributed by atoms with Gasteiger partial charge in [-0.2, -0.15) is 0 Å². The number of carbonyl (C=O) groups is 2. The normalized spacial score (nSPS) is 12.9. The van der Waals surface area contributed by atoms with Gasteiger partial charge in [-0.15, -0.1) is 0 Å². The fourth-order valence-electron chi connectivity index (χ4n) is 5.19. The molecule has 4 nitrogen and oxygen atoms in total. The minimum Gasteiger partial charge on any atom is -0.508 e. The van der Waals surface area contributed by atoms with Crippen LogP contribution in [0.4, 0.5) is 0 Å². The summed E-state index contributed by atoms with van der Waals surface area (Å²) in [5.41, 5.74) is 3.83. The summed E-state index contributed by atoms with van der Waals surface area (Å²) < 4.78 is 0. The smallest absolute Gasteiger partial charge is 0.174 e. The topological polar surface area (TPSA) is 74.6 Å². The molecule has 0 unspecified atom stereocenters. The highest BCUT2D eigenvalue weighted by Crippen LogP contribution is 2.31. The van der Waals surface area contributed by atoms with Gasteiger partial charge < -0.3 is 10.2 Å². The molecule has 0 amide bonds. The molecule has 6 rings (SSSR count). The molecule has 5 aromatic rings. The van der Waals surface area contributed by atoms with Crippen LogP contribution in [0.5, 0.6) is 11.5 Å². The molecule has 0 atom stereocenters. The van der Waals surface area contributed by atoms with Gasteiger partial charge in [0.2, 0.25) is 0 Å². The number of ketones is 2. The maximum absolute atomic E-state index is 11.8. The van der Waals surface area contributed by atoms with Crippen molar-refractivity contribution in [3.63, 3.8) is 0 Å². The Morgan fingerprint density at radius 3 is 1.40 bits per heavy atom. The summed E-state index contributed by atoms with van der Waals surface area (Å²) in [7, 11) is 0. The first-order valence-electron chi connectivity index (χ1n) is 14.6. The van der Waals surface area contributed by atoms with Gasteiger partial charge in [-0.3, -0.25) is 9.59 Å². The average molecular weight is 561 g/mol. The second-order valence-electron chi connectivity index (χ2n) is 11.9. The van der Waals surface area contributed by atoms with Crippen LogP contribution in [0.25, 0.3) is 21.5 Å². The van der Waals surface area contributed by atoms with E-state index in [-0.39, 0.29) is 17.5 Å². The number of carbonyl (C=O) groups excluding carboxylic acids is 2. The van der Waals surface area contributed by atoms with Gasteiger partial charge in [0.05, 0.1) is 5.92 Å². The Bertz CT molecular complexity index is 1690. The first kappa shape index (κ1) is 30.5. The van der Waals surface area contributed by atoms with E-state index in [1.54, 1.807) is 48.5 Å². The summed E-state index contributed by atoms with van der Waals surface area (Å²) >= 11 is 0. The zero-order valence-corrected chi connectivity index (χ0v) is 25.3. The van der Waals surface area contributed by atoms with E-state index >= 15 is 0 Å². The molecule has 0 aliphatic heterocycles. The number of Topliss-reactive ketones (excluding diaryl/α,β-unsaturated/α-hetero) is 2. The number of aromatic hydroxyl groups is 2. The lowest BCUT2D eigenvalue weighted by Crippen LogP contribution is -2.21. The van der Waals surface area contributed by atoms with Gasteiger partial charge in [0.1, 0.15) is 11.5 Å². The van der Waals surface area contributed by atoms with E-state index < -0.39 is 5.92 Å². The highest BCUT2D eigenvalue weighted by atomic mass is 16.3. The van der Waals surface area contributed by atoms with E-state index in [1.807, 2.05) is 26.0 Å². The van der Waals surface area contributed by atoms with Crippen molar-refractivity contribution >= 4 is 33.1 Å². The van der Waals surface area contributed by atoms with E-state index in [0.29, 0.717) is 34.5 Å². The maximum Gasteiger partial charge on any atom is 0.174 e. The number of phenolic OH excluding ortho intramolecular Hbond substituents is 2. The quantitative estimate of drug-likeness (QED) is 0.215. The molecule has 0 spiro atoms. The zero-order chi connectivity index (χ0) is 30.6. The molecule has 0 heterocycles. The molecule has 0 bridgehead atoms. The number of hydrogen-bond acceptors (Lipinski definition) is 4. The van der Waals surface area contributed by atoms with E-state index in [9.17, 15) is 19.8 Å². The lowest BCUT2D eigenvalue weighted by molar-refractivity contribution is 0.0799. The lowest BCUT2D eigenvalue weighted by Gasteiger charge is -2.09. The first-order chi connectivity index (χ1) is 20.0. The van der Waals surface area contributed by atoms with E-state index in [1.165, 1.54) is 21.9 Å². The van der Waals surface area contributed by atoms with Crippen molar-refractivity contribution in [3.8, 4) is 11.5 Å². The zero-order valence-electron chi connectivity index (χ0n) is 25.3. The molecule has 0 fully saturated rings. The first-order valence-corrected chi connectivity index (χ1v) is 14.6. The standard InChI is InChI=1S/2C13H14O.C12H12O2/c1-9(2)10-3-4-12-8-13(14)6-5-11(12)7-10;1-9(2)11-4-3-10-5-6-13(14)8-12(10)7-11;1-7(2)10-11(13)8-5-3-4-6-9(8)12(10)14/h2*3-9,14H,1-2H3;3-7,10H,1-2H3.